The standard InChI is InChI=1S/C24H38O3/c1-2-3-4-5-6-7-8-9-10-19-27-23-17-15-21(16-18-23)20-11-13-22(14-12-20)24(25)26/h15-18,20,22H,2-14,19H2,1H3,(H,25,26). The van der Waals surface area contributed by atoms with Gasteiger partial charge in [0.2, 0.25) is 0 Å². The number of hydrogen-bond donors (Lipinski definition) is 1. The van der Waals surface area contributed by atoms with Crippen LogP contribution in [0.15, 0.2) is 24.3 Å². The molecule has 0 bridgehead atoms. The molecular weight excluding hydrogens is 336 g/mol. The number of carbonyl (C=O) groups is 1. The van der Waals surface area contributed by atoms with Crippen molar-refractivity contribution in [2.75, 3.05) is 6.61 Å². The summed E-state index contributed by atoms with van der Waals surface area (Å²) in [5.41, 5.74) is 1.33. The number of carboxylic acid groups (broad SMARTS) is 1. The minimum atomic E-state index is -0.631. The van der Waals surface area contributed by atoms with Gasteiger partial charge in [-0.25, -0.2) is 0 Å². The van der Waals surface area contributed by atoms with Crippen LogP contribution in [0.1, 0.15) is 102 Å². The highest BCUT2D eigenvalue weighted by Crippen LogP contribution is 2.36. The summed E-state index contributed by atoms with van der Waals surface area (Å²) in [4.78, 5) is 11.1. The second kappa shape index (κ2) is 12.8. The molecule has 1 aliphatic rings. The van der Waals surface area contributed by atoms with Crippen LogP contribution in [0.3, 0.4) is 0 Å². The average molecular weight is 375 g/mol. The van der Waals surface area contributed by atoms with Crippen molar-refractivity contribution in [3.8, 4) is 5.75 Å². The zero-order valence-corrected chi connectivity index (χ0v) is 17.1. The van der Waals surface area contributed by atoms with Crippen LogP contribution in [0.2, 0.25) is 0 Å². The highest BCUT2D eigenvalue weighted by Gasteiger charge is 2.26. The summed E-state index contributed by atoms with van der Waals surface area (Å²) >= 11 is 0. The van der Waals surface area contributed by atoms with Gasteiger partial charge in [0.05, 0.1) is 12.5 Å². The second-order valence-electron chi connectivity index (χ2n) is 8.13. The molecule has 0 aliphatic heterocycles. The van der Waals surface area contributed by atoms with E-state index in [4.69, 9.17) is 9.84 Å². The van der Waals surface area contributed by atoms with Crippen LogP contribution >= 0.6 is 0 Å². The van der Waals surface area contributed by atoms with Gasteiger partial charge in [0.15, 0.2) is 0 Å². The van der Waals surface area contributed by atoms with Crippen LogP contribution in [-0.4, -0.2) is 17.7 Å². The van der Waals surface area contributed by atoms with Gasteiger partial charge in [0, 0.05) is 0 Å². The van der Waals surface area contributed by atoms with Gasteiger partial charge in [-0.3, -0.25) is 4.79 Å². The van der Waals surface area contributed by atoms with Crippen molar-refractivity contribution in [1.82, 2.24) is 0 Å². The highest BCUT2D eigenvalue weighted by atomic mass is 16.5. The molecule has 2 rings (SSSR count). The number of unbranched alkanes of at least 4 members (excludes halogenated alkanes) is 8. The SMILES string of the molecule is CCCCCCCCCCCOc1ccc(C2CCC(C(=O)O)CC2)cc1. The molecule has 152 valence electrons. The Morgan fingerprint density at radius 1 is 0.889 bits per heavy atom. The first-order valence-corrected chi connectivity index (χ1v) is 11.2. The van der Waals surface area contributed by atoms with Gasteiger partial charge < -0.3 is 9.84 Å². The summed E-state index contributed by atoms with van der Waals surface area (Å²) in [5, 5.41) is 9.11. The van der Waals surface area contributed by atoms with E-state index in [1.807, 2.05) is 0 Å². The van der Waals surface area contributed by atoms with E-state index in [0.717, 1.165) is 44.5 Å². The molecule has 0 spiro atoms. The van der Waals surface area contributed by atoms with E-state index in [1.165, 1.54) is 56.9 Å². The molecule has 0 heterocycles. The van der Waals surface area contributed by atoms with Gasteiger partial charge in [-0.2, -0.15) is 0 Å². The summed E-state index contributed by atoms with van der Waals surface area (Å²) in [5.74, 6) is 0.693. The Kier molecular flexibility index (Phi) is 10.3. The van der Waals surface area contributed by atoms with Gasteiger partial charge in [-0.1, -0.05) is 70.4 Å². The van der Waals surface area contributed by atoms with Gasteiger partial charge in [-0.05, 0) is 55.7 Å². The molecule has 0 amide bonds. The molecule has 1 saturated carbocycles. The summed E-state index contributed by atoms with van der Waals surface area (Å²) < 4.78 is 5.88. The lowest BCUT2D eigenvalue weighted by molar-refractivity contribution is -0.142. The zero-order valence-electron chi connectivity index (χ0n) is 17.1. The molecule has 0 radical (unpaired) electrons. The maximum atomic E-state index is 11.1. The van der Waals surface area contributed by atoms with Crippen molar-refractivity contribution in [1.29, 1.82) is 0 Å². The van der Waals surface area contributed by atoms with Crippen molar-refractivity contribution in [3.05, 3.63) is 29.8 Å². The molecule has 1 aliphatic carbocycles. The summed E-state index contributed by atoms with van der Waals surface area (Å²) in [6.45, 7) is 3.07. The Morgan fingerprint density at radius 2 is 1.44 bits per heavy atom. The lowest BCUT2D eigenvalue weighted by atomic mass is 9.79. The van der Waals surface area contributed by atoms with Crippen LogP contribution in [0, 0.1) is 5.92 Å². The van der Waals surface area contributed by atoms with Gasteiger partial charge in [0.1, 0.15) is 5.75 Å². The van der Waals surface area contributed by atoms with Crippen LogP contribution in [-0.2, 0) is 4.79 Å². The first-order valence-electron chi connectivity index (χ1n) is 11.2. The number of ether oxygens (including phenoxy) is 1. The normalized spacial score (nSPS) is 19.7. The first-order chi connectivity index (χ1) is 13.2. The molecule has 3 heteroatoms. The molecule has 3 nitrogen and oxygen atoms in total. The minimum Gasteiger partial charge on any atom is -0.494 e. The molecule has 0 atom stereocenters. The average Bonchev–Trinajstić information content (AvgIpc) is 2.70. The van der Waals surface area contributed by atoms with Crippen LogP contribution in [0.25, 0.3) is 0 Å². The molecule has 1 aromatic rings. The van der Waals surface area contributed by atoms with Crippen LogP contribution in [0.4, 0.5) is 0 Å². The third-order valence-corrected chi connectivity index (χ3v) is 5.94. The molecule has 0 saturated heterocycles. The van der Waals surface area contributed by atoms with Gasteiger partial charge >= 0.3 is 5.97 Å². The zero-order chi connectivity index (χ0) is 19.3. The molecule has 0 aromatic heterocycles. The fourth-order valence-electron chi connectivity index (χ4n) is 4.11. The van der Waals surface area contributed by atoms with Crippen molar-refractivity contribution in [2.45, 2.75) is 96.3 Å². The summed E-state index contributed by atoms with van der Waals surface area (Å²) in [7, 11) is 0. The molecular formula is C24H38O3. The van der Waals surface area contributed by atoms with Gasteiger partial charge in [-0.15, -0.1) is 0 Å². The Hall–Kier alpha value is -1.51. The van der Waals surface area contributed by atoms with E-state index < -0.39 is 5.97 Å². The number of aliphatic carboxylic acids is 1. The first kappa shape index (κ1) is 21.8. The van der Waals surface area contributed by atoms with Crippen molar-refractivity contribution >= 4 is 5.97 Å². The Bertz CT molecular complexity index is 515. The van der Waals surface area contributed by atoms with Gasteiger partial charge in [0.25, 0.3) is 0 Å². The smallest absolute Gasteiger partial charge is 0.306 e. The van der Waals surface area contributed by atoms with Crippen LogP contribution < -0.4 is 4.74 Å². The minimum absolute atomic E-state index is 0.139. The second-order valence-corrected chi connectivity index (χ2v) is 8.13. The van der Waals surface area contributed by atoms with E-state index in [1.54, 1.807) is 0 Å². The molecule has 27 heavy (non-hydrogen) atoms. The number of hydrogen-bond acceptors (Lipinski definition) is 2. The quantitative estimate of drug-likeness (QED) is 0.380. The predicted molar refractivity (Wildman–Crippen MR) is 111 cm³/mol. The number of benzene rings is 1. The maximum absolute atomic E-state index is 11.1. The highest BCUT2D eigenvalue weighted by molar-refractivity contribution is 5.70. The van der Waals surface area contributed by atoms with E-state index in [-0.39, 0.29) is 5.92 Å². The van der Waals surface area contributed by atoms with Crippen molar-refractivity contribution in [2.24, 2.45) is 5.92 Å². The summed E-state index contributed by atoms with van der Waals surface area (Å²) in [6.07, 6.45) is 15.5. The number of rotatable bonds is 13. The Morgan fingerprint density at radius 3 is 2.00 bits per heavy atom. The van der Waals surface area contributed by atoms with Crippen molar-refractivity contribution in [3.63, 3.8) is 0 Å². The molecule has 1 fully saturated rings. The van der Waals surface area contributed by atoms with E-state index in [9.17, 15) is 4.79 Å². The fourth-order valence-corrected chi connectivity index (χ4v) is 4.11. The topological polar surface area (TPSA) is 46.5 Å². The Balaban J connectivity index is 1.55. The van der Waals surface area contributed by atoms with E-state index >= 15 is 0 Å². The maximum Gasteiger partial charge on any atom is 0.306 e. The third kappa shape index (κ3) is 8.36. The number of carboxylic acids is 1. The molecule has 1 aromatic carbocycles. The molecule has 1 N–H and O–H groups in total. The van der Waals surface area contributed by atoms with E-state index in [2.05, 4.69) is 31.2 Å². The summed E-state index contributed by atoms with van der Waals surface area (Å²) in [6, 6.07) is 8.48. The monoisotopic (exact) mass is 374 g/mol. The van der Waals surface area contributed by atoms with Crippen molar-refractivity contribution < 1.29 is 14.6 Å². The Labute approximate surface area is 165 Å². The predicted octanol–water partition coefficient (Wildman–Crippen LogP) is 6.95. The fraction of sp³-hybridized carbons (Fsp3) is 0.708. The van der Waals surface area contributed by atoms with E-state index in [0.29, 0.717) is 5.92 Å². The lowest BCUT2D eigenvalue weighted by Gasteiger charge is -2.26. The largest absolute Gasteiger partial charge is 0.494 e. The third-order valence-electron chi connectivity index (χ3n) is 5.94. The molecule has 0 unspecified atom stereocenters. The van der Waals surface area contributed by atoms with Crippen LogP contribution in [0.5, 0.6) is 5.75 Å². The lowest BCUT2D eigenvalue weighted by Crippen LogP contribution is -2.20.